The highest BCUT2D eigenvalue weighted by Crippen LogP contribution is 2.28. The zero-order chi connectivity index (χ0) is 13.9. The van der Waals surface area contributed by atoms with E-state index in [4.69, 9.17) is 4.74 Å². The van der Waals surface area contributed by atoms with Crippen molar-refractivity contribution >= 4 is 0 Å². The molecule has 1 aromatic rings. The Morgan fingerprint density at radius 3 is 2.39 bits per heavy atom. The Morgan fingerprint density at radius 2 is 1.94 bits per heavy atom. The maximum absolute atomic E-state index is 5.87. The summed E-state index contributed by atoms with van der Waals surface area (Å²) in [5, 5.41) is 0. The Balaban J connectivity index is 2.83. The topological polar surface area (TPSA) is 9.23 Å². The van der Waals surface area contributed by atoms with Crippen LogP contribution in [0.25, 0.3) is 0 Å². The number of hydrogen-bond donors (Lipinski definition) is 0. The molecular formula is C17H26O. The van der Waals surface area contributed by atoms with Gasteiger partial charge in [-0.25, -0.2) is 0 Å². The molecule has 100 valence electrons. The summed E-state index contributed by atoms with van der Waals surface area (Å²) in [6, 6.07) is 6.43. The highest BCUT2D eigenvalue weighted by molar-refractivity contribution is 5.39. The van der Waals surface area contributed by atoms with Crippen molar-refractivity contribution in [3.8, 4) is 5.75 Å². The van der Waals surface area contributed by atoms with E-state index in [-0.39, 0.29) is 5.41 Å². The minimum atomic E-state index is 0.191. The van der Waals surface area contributed by atoms with Crippen LogP contribution in [0, 0.1) is 12.3 Å². The van der Waals surface area contributed by atoms with E-state index in [0.717, 1.165) is 12.4 Å². The fourth-order valence-corrected chi connectivity index (χ4v) is 1.68. The van der Waals surface area contributed by atoms with Crippen LogP contribution in [0.15, 0.2) is 30.4 Å². The van der Waals surface area contributed by atoms with Gasteiger partial charge in [0, 0.05) is 5.92 Å². The van der Waals surface area contributed by atoms with Crippen molar-refractivity contribution in [2.45, 2.75) is 47.5 Å². The Labute approximate surface area is 112 Å². The largest absolute Gasteiger partial charge is 0.493 e. The van der Waals surface area contributed by atoms with Crippen LogP contribution in [0.2, 0.25) is 0 Å². The predicted molar refractivity (Wildman–Crippen MR) is 79.4 cm³/mol. The second-order valence-corrected chi connectivity index (χ2v) is 6.44. The van der Waals surface area contributed by atoms with Gasteiger partial charge in [-0.3, -0.25) is 0 Å². The van der Waals surface area contributed by atoms with E-state index in [1.807, 2.05) is 0 Å². The molecule has 1 unspecified atom stereocenters. The summed E-state index contributed by atoms with van der Waals surface area (Å²) in [6.45, 7) is 17.7. The summed E-state index contributed by atoms with van der Waals surface area (Å²) in [7, 11) is 0. The molecule has 0 N–H and O–H groups in total. The molecular weight excluding hydrogens is 220 g/mol. The molecule has 0 aliphatic rings. The third-order valence-electron chi connectivity index (χ3n) is 3.10. The molecule has 0 amide bonds. The standard InChI is InChI=1S/C17H26O/c1-12(2)14(4)15-8-9-16(13(3)10-15)18-11-17(5,6)7/h8-10,14H,1,11H2,2-7H3. The molecule has 0 aromatic heterocycles. The molecule has 0 aliphatic heterocycles. The van der Waals surface area contributed by atoms with Crippen molar-refractivity contribution in [1.29, 1.82) is 0 Å². The molecule has 1 atom stereocenters. The summed E-state index contributed by atoms with van der Waals surface area (Å²) in [5.74, 6) is 1.39. The maximum Gasteiger partial charge on any atom is 0.122 e. The first-order valence-electron chi connectivity index (χ1n) is 6.59. The van der Waals surface area contributed by atoms with Gasteiger partial charge < -0.3 is 4.74 Å². The molecule has 0 saturated carbocycles. The van der Waals surface area contributed by atoms with Gasteiger partial charge in [0.1, 0.15) is 5.75 Å². The second-order valence-electron chi connectivity index (χ2n) is 6.44. The van der Waals surface area contributed by atoms with Crippen LogP contribution in [0.4, 0.5) is 0 Å². The zero-order valence-corrected chi connectivity index (χ0v) is 12.6. The van der Waals surface area contributed by atoms with E-state index in [9.17, 15) is 0 Å². The average molecular weight is 246 g/mol. The van der Waals surface area contributed by atoms with Gasteiger partial charge >= 0.3 is 0 Å². The molecule has 0 bridgehead atoms. The first kappa shape index (κ1) is 14.8. The van der Waals surface area contributed by atoms with E-state index >= 15 is 0 Å². The van der Waals surface area contributed by atoms with E-state index < -0.39 is 0 Å². The van der Waals surface area contributed by atoms with Gasteiger partial charge in [-0.15, -0.1) is 0 Å². The number of ether oxygens (including phenoxy) is 1. The molecule has 1 heteroatoms. The first-order chi connectivity index (χ1) is 8.20. The zero-order valence-electron chi connectivity index (χ0n) is 12.6. The predicted octanol–water partition coefficient (Wildman–Crippen LogP) is 5.10. The lowest BCUT2D eigenvalue weighted by atomic mass is 9.93. The summed E-state index contributed by atoms with van der Waals surface area (Å²) in [5.41, 5.74) is 3.89. The van der Waals surface area contributed by atoms with E-state index in [1.165, 1.54) is 16.7 Å². The van der Waals surface area contributed by atoms with Crippen molar-refractivity contribution < 1.29 is 4.74 Å². The number of aryl methyl sites for hydroxylation is 1. The van der Waals surface area contributed by atoms with Crippen molar-refractivity contribution in [1.82, 2.24) is 0 Å². The lowest BCUT2D eigenvalue weighted by Gasteiger charge is -2.20. The number of benzene rings is 1. The first-order valence-corrected chi connectivity index (χ1v) is 6.59. The molecule has 18 heavy (non-hydrogen) atoms. The highest BCUT2D eigenvalue weighted by atomic mass is 16.5. The summed E-state index contributed by atoms with van der Waals surface area (Å²) in [4.78, 5) is 0. The van der Waals surface area contributed by atoms with Gasteiger partial charge in [0.2, 0.25) is 0 Å². The van der Waals surface area contributed by atoms with Gasteiger partial charge in [0.15, 0.2) is 0 Å². The molecule has 0 fully saturated rings. The van der Waals surface area contributed by atoms with Gasteiger partial charge in [-0.05, 0) is 36.5 Å². The summed E-state index contributed by atoms with van der Waals surface area (Å²) >= 11 is 0. The van der Waals surface area contributed by atoms with E-state index in [1.54, 1.807) is 0 Å². The van der Waals surface area contributed by atoms with E-state index in [0.29, 0.717) is 5.92 Å². The number of hydrogen-bond acceptors (Lipinski definition) is 1. The van der Waals surface area contributed by atoms with Gasteiger partial charge in [0.25, 0.3) is 0 Å². The van der Waals surface area contributed by atoms with Crippen LogP contribution in [0.3, 0.4) is 0 Å². The molecule has 1 rings (SSSR count). The minimum Gasteiger partial charge on any atom is -0.493 e. The Hall–Kier alpha value is -1.24. The highest BCUT2D eigenvalue weighted by Gasteiger charge is 2.13. The minimum absolute atomic E-state index is 0.191. The van der Waals surface area contributed by atoms with Crippen molar-refractivity contribution in [3.63, 3.8) is 0 Å². The molecule has 0 aliphatic carbocycles. The number of allylic oxidation sites excluding steroid dienone is 1. The van der Waals surface area contributed by atoms with Gasteiger partial charge in [-0.2, -0.15) is 0 Å². The lowest BCUT2D eigenvalue weighted by molar-refractivity contribution is 0.197. The van der Waals surface area contributed by atoms with Gasteiger partial charge in [-0.1, -0.05) is 52.0 Å². The van der Waals surface area contributed by atoms with Crippen LogP contribution in [-0.4, -0.2) is 6.61 Å². The van der Waals surface area contributed by atoms with Crippen molar-refractivity contribution in [2.24, 2.45) is 5.41 Å². The maximum atomic E-state index is 5.87. The quantitative estimate of drug-likeness (QED) is 0.672. The van der Waals surface area contributed by atoms with Gasteiger partial charge in [0.05, 0.1) is 6.61 Å². The van der Waals surface area contributed by atoms with Crippen molar-refractivity contribution in [3.05, 3.63) is 41.5 Å². The average Bonchev–Trinajstić information content (AvgIpc) is 2.25. The monoisotopic (exact) mass is 246 g/mol. The molecule has 1 nitrogen and oxygen atoms in total. The van der Waals surface area contributed by atoms with Crippen LogP contribution in [0.1, 0.15) is 51.7 Å². The Bertz CT molecular complexity index is 424. The fourth-order valence-electron chi connectivity index (χ4n) is 1.68. The number of rotatable bonds is 4. The summed E-state index contributed by atoms with van der Waals surface area (Å²) in [6.07, 6.45) is 0. The molecule has 1 aromatic carbocycles. The van der Waals surface area contributed by atoms with Crippen LogP contribution >= 0.6 is 0 Å². The third-order valence-corrected chi connectivity index (χ3v) is 3.10. The fraction of sp³-hybridized carbons (Fsp3) is 0.529. The van der Waals surface area contributed by atoms with Crippen molar-refractivity contribution in [2.75, 3.05) is 6.61 Å². The van der Waals surface area contributed by atoms with Crippen LogP contribution < -0.4 is 4.74 Å². The Morgan fingerprint density at radius 1 is 1.33 bits per heavy atom. The molecule has 0 heterocycles. The van der Waals surface area contributed by atoms with E-state index in [2.05, 4.69) is 66.3 Å². The molecule has 0 radical (unpaired) electrons. The van der Waals surface area contributed by atoms with Crippen LogP contribution in [-0.2, 0) is 0 Å². The molecule has 0 saturated heterocycles. The lowest BCUT2D eigenvalue weighted by Crippen LogP contribution is -2.17. The second kappa shape index (κ2) is 5.60. The summed E-state index contributed by atoms with van der Waals surface area (Å²) < 4.78 is 5.87. The Kier molecular flexibility index (Phi) is 4.61. The van der Waals surface area contributed by atoms with Crippen LogP contribution in [0.5, 0.6) is 5.75 Å². The SMILES string of the molecule is C=C(C)C(C)c1ccc(OCC(C)(C)C)c(C)c1. The molecule has 0 spiro atoms. The third kappa shape index (κ3) is 4.21. The smallest absolute Gasteiger partial charge is 0.122 e. The normalized spacial score (nSPS) is 13.2.